The third kappa shape index (κ3) is 3.88. The molecular formula is C18H20FN3O3. The third-order valence-corrected chi connectivity index (χ3v) is 4.30. The van der Waals surface area contributed by atoms with Crippen molar-refractivity contribution in [3.63, 3.8) is 0 Å². The minimum Gasteiger partial charge on any atom is -0.508 e. The van der Waals surface area contributed by atoms with Gasteiger partial charge in [-0.25, -0.2) is 9.37 Å². The molecule has 2 aromatic rings. The number of rotatable bonds is 4. The average Bonchev–Trinajstić information content (AvgIpc) is 2.64. The number of ether oxygens (including phenoxy) is 1. The van der Waals surface area contributed by atoms with Crippen LogP contribution in [0.5, 0.6) is 11.6 Å². The van der Waals surface area contributed by atoms with E-state index in [0.717, 1.165) is 0 Å². The van der Waals surface area contributed by atoms with Gasteiger partial charge in [0, 0.05) is 50.0 Å². The van der Waals surface area contributed by atoms with Crippen molar-refractivity contribution in [1.82, 2.24) is 14.8 Å². The van der Waals surface area contributed by atoms with Gasteiger partial charge in [-0.05, 0) is 30.3 Å². The lowest BCUT2D eigenvalue weighted by atomic mass is 10.1. The first-order valence-corrected chi connectivity index (χ1v) is 8.06. The van der Waals surface area contributed by atoms with E-state index in [0.29, 0.717) is 43.9 Å². The molecule has 1 N–H and O–H groups in total. The summed E-state index contributed by atoms with van der Waals surface area (Å²) in [5.41, 5.74) is 1.08. The standard InChI is InChI=1S/C18H20FN3O3/c1-25-17-16(19)14(6-7-20-17)12-21-8-10-22(11-9-21)18(24)13-2-4-15(23)5-3-13/h2-7,23H,8-12H2,1H3. The maximum absolute atomic E-state index is 14.2. The molecule has 0 unspecified atom stereocenters. The molecule has 3 rings (SSSR count). The number of pyridine rings is 1. The number of hydrogen-bond acceptors (Lipinski definition) is 5. The van der Waals surface area contributed by atoms with E-state index in [1.807, 2.05) is 0 Å². The van der Waals surface area contributed by atoms with Gasteiger partial charge < -0.3 is 14.7 Å². The smallest absolute Gasteiger partial charge is 0.253 e. The lowest BCUT2D eigenvalue weighted by molar-refractivity contribution is 0.0627. The van der Waals surface area contributed by atoms with Crippen molar-refractivity contribution in [3.8, 4) is 11.6 Å². The lowest BCUT2D eigenvalue weighted by Gasteiger charge is -2.34. The number of nitrogens with zero attached hydrogens (tertiary/aromatic N) is 3. The maximum atomic E-state index is 14.2. The molecule has 0 bridgehead atoms. The molecular weight excluding hydrogens is 325 g/mol. The fourth-order valence-corrected chi connectivity index (χ4v) is 2.86. The maximum Gasteiger partial charge on any atom is 0.253 e. The van der Waals surface area contributed by atoms with Crippen LogP contribution < -0.4 is 4.74 Å². The second-order valence-corrected chi connectivity index (χ2v) is 5.91. The number of aromatic nitrogens is 1. The first-order valence-electron chi connectivity index (χ1n) is 8.06. The van der Waals surface area contributed by atoms with Crippen molar-refractivity contribution in [1.29, 1.82) is 0 Å². The molecule has 6 nitrogen and oxygen atoms in total. The van der Waals surface area contributed by atoms with Crippen molar-refractivity contribution >= 4 is 5.91 Å². The van der Waals surface area contributed by atoms with E-state index in [4.69, 9.17) is 4.74 Å². The molecule has 25 heavy (non-hydrogen) atoms. The Morgan fingerprint density at radius 2 is 1.88 bits per heavy atom. The van der Waals surface area contributed by atoms with Crippen molar-refractivity contribution < 1.29 is 19.0 Å². The van der Waals surface area contributed by atoms with Crippen molar-refractivity contribution in [2.75, 3.05) is 33.3 Å². The fourth-order valence-electron chi connectivity index (χ4n) is 2.86. The summed E-state index contributed by atoms with van der Waals surface area (Å²) in [5.74, 6) is -0.362. The number of halogens is 1. The van der Waals surface area contributed by atoms with Gasteiger partial charge in [0.1, 0.15) is 5.75 Å². The Kier molecular flexibility index (Phi) is 5.14. The molecule has 1 aliphatic rings. The number of amides is 1. The molecule has 1 aromatic heterocycles. The Morgan fingerprint density at radius 1 is 1.20 bits per heavy atom. The molecule has 0 saturated carbocycles. The van der Waals surface area contributed by atoms with Crippen LogP contribution in [0.15, 0.2) is 36.5 Å². The zero-order valence-electron chi connectivity index (χ0n) is 14.0. The van der Waals surface area contributed by atoms with E-state index >= 15 is 0 Å². The van der Waals surface area contributed by atoms with Crippen LogP contribution in [0.4, 0.5) is 4.39 Å². The number of benzene rings is 1. The Bertz CT molecular complexity index is 744. The summed E-state index contributed by atoms with van der Waals surface area (Å²) in [6.07, 6.45) is 1.53. The molecule has 0 spiro atoms. The largest absolute Gasteiger partial charge is 0.508 e. The molecule has 1 saturated heterocycles. The average molecular weight is 345 g/mol. The second-order valence-electron chi connectivity index (χ2n) is 5.91. The summed E-state index contributed by atoms with van der Waals surface area (Å²) in [6.45, 7) is 2.92. The highest BCUT2D eigenvalue weighted by Crippen LogP contribution is 2.19. The zero-order valence-corrected chi connectivity index (χ0v) is 14.0. The Balaban J connectivity index is 1.59. The van der Waals surface area contributed by atoms with Gasteiger partial charge in [-0.2, -0.15) is 0 Å². The van der Waals surface area contributed by atoms with Gasteiger partial charge in [0.25, 0.3) is 5.91 Å². The van der Waals surface area contributed by atoms with Crippen LogP contribution in [-0.4, -0.2) is 59.1 Å². The van der Waals surface area contributed by atoms with E-state index in [-0.39, 0.29) is 17.5 Å². The minimum atomic E-state index is -0.437. The van der Waals surface area contributed by atoms with Gasteiger partial charge in [0.15, 0.2) is 5.82 Å². The topological polar surface area (TPSA) is 65.9 Å². The first kappa shape index (κ1) is 17.2. The van der Waals surface area contributed by atoms with E-state index < -0.39 is 5.82 Å². The summed E-state index contributed by atoms with van der Waals surface area (Å²) in [6, 6.07) is 7.88. The van der Waals surface area contributed by atoms with Crippen LogP contribution >= 0.6 is 0 Å². The van der Waals surface area contributed by atoms with Gasteiger partial charge in [0.05, 0.1) is 7.11 Å². The van der Waals surface area contributed by atoms with Crippen LogP contribution in [-0.2, 0) is 6.54 Å². The number of piperazine rings is 1. The molecule has 1 aliphatic heterocycles. The molecule has 132 valence electrons. The van der Waals surface area contributed by atoms with Crippen molar-refractivity contribution in [3.05, 3.63) is 53.5 Å². The number of phenols is 1. The number of carbonyl (C=O) groups is 1. The summed E-state index contributed by atoms with van der Waals surface area (Å²) in [4.78, 5) is 20.2. The van der Waals surface area contributed by atoms with Crippen LogP contribution in [0.25, 0.3) is 0 Å². The molecule has 7 heteroatoms. The van der Waals surface area contributed by atoms with Gasteiger partial charge in [0.2, 0.25) is 5.88 Å². The number of carbonyl (C=O) groups excluding carboxylic acids is 1. The van der Waals surface area contributed by atoms with Crippen LogP contribution in [0.1, 0.15) is 15.9 Å². The van der Waals surface area contributed by atoms with Gasteiger partial charge >= 0.3 is 0 Å². The number of methoxy groups -OCH3 is 1. The van der Waals surface area contributed by atoms with E-state index in [1.165, 1.54) is 25.4 Å². The monoisotopic (exact) mass is 345 g/mol. The number of aromatic hydroxyl groups is 1. The first-order chi connectivity index (χ1) is 12.1. The van der Waals surface area contributed by atoms with E-state index in [9.17, 15) is 14.3 Å². The highest BCUT2D eigenvalue weighted by molar-refractivity contribution is 5.94. The van der Waals surface area contributed by atoms with Gasteiger partial charge in [-0.1, -0.05) is 0 Å². The molecule has 1 aromatic carbocycles. The molecule has 1 fully saturated rings. The molecule has 0 radical (unpaired) electrons. The van der Waals surface area contributed by atoms with Crippen LogP contribution in [0.2, 0.25) is 0 Å². The van der Waals surface area contributed by atoms with Gasteiger partial charge in [-0.15, -0.1) is 0 Å². The summed E-state index contributed by atoms with van der Waals surface area (Å²) in [7, 11) is 1.39. The predicted octanol–water partition coefficient (Wildman–Crippen LogP) is 1.89. The lowest BCUT2D eigenvalue weighted by Crippen LogP contribution is -2.48. The number of phenolic OH excluding ortho intramolecular Hbond substituents is 1. The second kappa shape index (κ2) is 7.48. The third-order valence-electron chi connectivity index (χ3n) is 4.30. The minimum absolute atomic E-state index is 0.00126. The SMILES string of the molecule is COc1nccc(CN2CCN(C(=O)c3ccc(O)cc3)CC2)c1F. The van der Waals surface area contributed by atoms with E-state index in [1.54, 1.807) is 23.1 Å². The predicted molar refractivity (Wildman–Crippen MR) is 90.0 cm³/mol. The summed E-state index contributed by atoms with van der Waals surface area (Å²) < 4.78 is 19.1. The highest BCUT2D eigenvalue weighted by atomic mass is 19.1. The normalized spacial score (nSPS) is 15.2. The summed E-state index contributed by atoms with van der Waals surface area (Å²) in [5, 5.41) is 9.31. The van der Waals surface area contributed by atoms with Crippen LogP contribution in [0, 0.1) is 5.82 Å². The molecule has 2 heterocycles. The Hall–Kier alpha value is -2.67. The molecule has 0 aliphatic carbocycles. The fraction of sp³-hybridized carbons (Fsp3) is 0.333. The molecule has 1 amide bonds. The summed E-state index contributed by atoms with van der Waals surface area (Å²) >= 11 is 0. The van der Waals surface area contributed by atoms with Crippen molar-refractivity contribution in [2.24, 2.45) is 0 Å². The zero-order chi connectivity index (χ0) is 17.8. The Morgan fingerprint density at radius 3 is 2.52 bits per heavy atom. The van der Waals surface area contributed by atoms with E-state index in [2.05, 4.69) is 9.88 Å². The molecule has 0 atom stereocenters. The van der Waals surface area contributed by atoms with Gasteiger partial charge in [-0.3, -0.25) is 9.69 Å². The highest BCUT2D eigenvalue weighted by Gasteiger charge is 2.23. The number of hydrogen-bond donors (Lipinski definition) is 1. The van der Waals surface area contributed by atoms with Crippen LogP contribution in [0.3, 0.4) is 0 Å². The Labute approximate surface area is 145 Å². The quantitative estimate of drug-likeness (QED) is 0.917. The van der Waals surface area contributed by atoms with Crippen molar-refractivity contribution in [2.45, 2.75) is 6.54 Å².